The predicted molar refractivity (Wildman–Crippen MR) is 79.5 cm³/mol. The highest BCUT2D eigenvalue weighted by Gasteiger charge is 2.19. The van der Waals surface area contributed by atoms with Crippen LogP contribution in [0.4, 0.5) is 5.69 Å². The minimum Gasteiger partial charge on any atom is -0.371 e. The Morgan fingerprint density at radius 1 is 1.50 bits per heavy atom. The van der Waals surface area contributed by atoms with E-state index in [2.05, 4.69) is 49.2 Å². The van der Waals surface area contributed by atoms with Crippen LogP contribution in [0.1, 0.15) is 38.8 Å². The number of benzene rings is 1. The van der Waals surface area contributed by atoms with E-state index in [4.69, 9.17) is 11.6 Å². The average Bonchev–Trinajstić information content (AvgIpc) is 2.76. The van der Waals surface area contributed by atoms with Gasteiger partial charge in [0.25, 0.3) is 0 Å². The van der Waals surface area contributed by atoms with E-state index in [0.29, 0.717) is 6.04 Å². The Hall–Kier alpha value is -0.730. The molecule has 0 bridgehead atoms. The van der Waals surface area contributed by atoms with Crippen LogP contribution in [-0.2, 0) is 0 Å². The van der Waals surface area contributed by atoms with Crippen LogP contribution in [0.25, 0.3) is 0 Å². The summed E-state index contributed by atoms with van der Waals surface area (Å²) in [6, 6.07) is 6.79. The fourth-order valence-corrected chi connectivity index (χ4v) is 2.99. The molecule has 0 saturated carbocycles. The van der Waals surface area contributed by atoms with E-state index in [9.17, 15) is 0 Å². The summed E-state index contributed by atoms with van der Waals surface area (Å²) in [4.78, 5) is 2.43. The van der Waals surface area contributed by atoms with Crippen LogP contribution in [0, 0.1) is 5.92 Å². The summed E-state index contributed by atoms with van der Waals surface area (Å²) in [6.45, 7) is 9.84. The summed E-state index contributed by atoms with van der Waals surface area (Å²) >= 11 is 6.41. The normalized spacial score (nSPS) is 21.3. The van der Waals surface area contributed by atoms with Gasteiger partial charge in [-0.2, -0.15) is 0 Å². The fraction of sp³-hybridized carbons (Fsp3) is 0.600. The van der Waals surface area contributed by atoms with Crippen LogP contribution >= 0.6 is 11.6 Å². The van der Waals surface area contributed by atoms with Crippen molar-refractivity contribution < 1.29 is 0 Å². The van der Waals surface area contributed by atoms with Crippen molar-refractivity contribution in [3.05, 3.63) is 28.8 Å². The summed E-state index contributed by atoms with van der Waals surface area (Å²) in [5, 5.41) is 4.28. The zero-order valence-corrected chi connectivity index (χ0v) is 12.3. The molecule has 1 aliphatic rings. The molecule has 3 heteroatoms. The van der Waals surface area contributed by atoms with Crippen molar-refractivity contribution in [3.63, 3.8) is 0 Å². The highest BCUT2D eigenvalue weighted by molar-refractivity contribution is 6.31. The number of halogens is 1. The molecule has 100 valence electrons. The molecular weight excluding hydrogens is 244 g/mol. The lowest BCUT2D eigenvalue weighted by molar-refractivity contribution is 0.598. The highest BCUT2D eigenvalue weighted by atomic mass is 35.5. The largest absolute Gasteiger partial charge is 0.371 e. The topological polar surface area (TPSA) is 15.3 Å². The van der Waals surface area contributed by atoms with Crippen molar-refractivity contribution in [1.29, 1.82) is 0 Å². The molecule has 1 aromatic carbocycles. The second kappa shape index (κ2) is 5.94. The molecule has 0 aromatic heterocycles. The van der Waals surface area contributed by atoms with Gasteiger partial charge in [0.05, 0.1) is 0 Å². The predicted octanol–water partition coefficient (Wildman–Crippen LogP) is 3.86. The van der Waals surface area contributed by atoms with Crippen LogP contribution in [0.15, 0.2) is 18.2 Å². The SMILES string of the molecule is CCNC(C)c1ccc(N2CCC(C)C2)cc1Cl. The minimum absolute atomic E-state index is 0.314. The van der Waals surface area contributed by atoms with Gasteiger partial charge in [0.2, 0.25) is 0 Å². The van der Waals surface area contributed by atoms with E-state index in [0.717, 1.165) is 30.6 Å². The number of hydrogen-bond acceptors (Lipinski definition) is 2. The quantitative estimate of drug-likeness (QED) is 0.890. The van der Waals surface area contributed by atoms with Gasteiger partial charge in [0, 0.05) is 29.8 Å². The standard InChI is InChI=1S/C15H23ClN2/c1-4-17-12(3)14-6-5-13(9-15(14)16)18-8-7-11(2)10-18/h5-6,9,11-12,17H,4,7-8,10H2,1-3H3. The molecule has 0 amide bonds. The van der Waals surface area contributed by atoms with E-state index in [-0.39, 0.29) is 0 Å². The molecule has 0 radical (unpaired) electrons. The van der Waals surface area contributed by atoms with Crippen molar-refractivity contribution in [1.82, 2.24) is 5.32 Å². The Balaban J connectivity index is 2.14. The second-order valence-electron chi connectivity index (χ2n) is 5.33. The first-order valence-corrected chi connectivity index (χ1v) is 7.27. The Kier molecular flexibility index (Phi) is 4.52. The number of hydrogen-bond donors (Lipinski definition) is 1. The second-order valence-corrected chi connectivity index (χ2v) is 5.73. The molecule has 1 saturated heterocycles. The zero-order chi connectivity index (χ0) is 13.1. The zero-order valence-electron chi connectivity index (χ0n) is 11.5. The number of rotatable bonds is 4. The van der Waals surface area contributed by atoms with Gasteiger partial charge in [0.1, 0.15) is 0 Å². The molecule has 1 fully saturated rings. The molecule has 0 spiro atoms. The highest BCUT2D eigenvalue weighted by Crippen LogP contribution is 2.30. The minimum atomic E-state index is 0.314. The third-order valence-corrected chi connectivity index (χ3v) is 4.08. The Labute approximate surface area is 115 Å². The first kappa shape index (κ1) is 13.7. The summed E-state index contributed by atoms with van der Waals surface area (Å²) in [5.74, 6) is 0.795. The third-order valence-electron chi connectivity index (χ3n) is 3.75. The maximum atomic E-state index is 6.41. The summed E-state index contributed by atoms with van der Waals surface area (Å²) in [7, 11) is 0. The van der Waals surface area contributed by atoms with Crippen LogP contribution < -0.4 is 10.2 Å². The van der Waals surface area contributed by atoms with Gasteiger partial charge < -0.3 is 10.2 Å². The molecule has 1 heterocycles. The lowest BCUT2D eigenvalue weighted by atomic mass is 10.1. The Morgan fingerprint density at radius 2 is 2.28 bits per heavy atom. The summed E-state index contributed by atoms with van der Waals surface area (Å²) in [6.07, 6.45) is 1.28. The summed E-state index contributed by atoms with van der Waals surface area (Å²) < 4.78 is 0. The van der Waals surface area contributed by atoms with Gasteiger partial charge in [-0.1, -0.05) is 31.5 Å². The van der Waals surface area contributed by atoms with Gasteiger partial charge in [-0.25, -0.2) is 0 Å². The fourth-order valence-electron chi connectivity index (χ4n) is 2.65. The van der Waals surface area contributed by atoms with E-state index in [1.54, 1.807) is 0 Å². The monoisotopic (exact) mass is 266 g/mol. The van der Waals surface area contributed by atoms with Crippen molar-refractivity contribution >= 4 is 17.3 Å². The van der Waals surface area contributed by atoms with E-state index in [1.165, 1.54) is 17.7 Å². The van der Waals surface area contributed by atoms with Crippen molar-refractivity contribution in [3.8, 4) is 0 Å². The molecule has 1 N–H and O–H groups in total. The van der Waals surface area contributed by atoms with Crippen molar-refractivity contribution in [2.45, 2.75) is 33.2 Å². The molecule has 2 rings (SSSR count). The van der Waals surface area contributed by atoms with Crippen LogP contribution in [0.3, 0.4) is 0 Å². The molecule has 0 aliphatic carbocycles. The van der Waals surface area contributed by atoms with Gasteiger partial charge >= 0.3 is 0 Å². The van der Waals surface area contributed by atoms with Gasteiger partial charge in [0.15, 0.2) is 0 Å². The summed E-state index contributed by atoms with van der Waals surface area (Å²) in [5.41, 5.74) is 2.45. The number of anilines is 1. The van der Waals surface area contributed by atoms with Gasteiger partial charge in [-0.05, 0) is 43.5 Å². The van der Waals surface area contributed by atoms with Crippen LogP contribution in [0.2, 0.25) is 5.02 Å². The first-order chi connectivity index (χ1) is 8.61. The van der Waals surface area contributed by atoms with E-state index >= 15 is 0 Å². The number of nitrogens with zero attached hydrogens (tertiary/aromatic N) is 1. The van der Waals surface area contributed by atoms with E-state index < -0.39 is 0 Å². The third kappa shape index (κ3) is 2.99. The molecule has 2 unspecified atom stereocenters. The van der Waals surface area contributed by atoms with Crippen molar-refractivity contribution in [2.75, 3.05) is 24.5 Å². The molecule has 2 atom stereocenters. The molecule has 1 aliphatic heterocycles. The van der Waals surface area contributed by atoms with Gasteiger partial charge in [-0.3, -0.25) is 0 Å². The average molecular weight is 267 g/mol. The van der Waals surface area contributed by atoms with Crippen LogP contribution in [0.5, 0.6) is 0 Å². The Bertz CT molecular complexity index is 405. The lowest BCUT2D eigenvalue weighted by Gasteiger charge is -2.21. The molecule has 2 nitrogen and oxygen atoms in total. The molecular formula is C15H23ClN2. The van der Waals surface area contributed by atoms with Crippen LogP contribution in [-0.4, -0.2) is 19.6 Å². The van der Waals surface area contributed by atoms with Crippen molar-refractivity contribution in [2.24, 2.45) is 5.92 Å². The maximum Gasteiger partial charge on any atom is 0.0474 e. The lowest BCUT2D eigenvalue weighted by Crippen LogP contribution is -2.20. The first-order valence-electron chi connectivity index (χ1n) is 6.89. The number of nitrogens with one attached hydrogen (secondary N) is 1. The maximum absolute atomic E-state index is 6.41. The smallest absolute Gasteiger partial charge is 0.0474 e. The van der Waals surface area contributed by atoms with Gasteiger partial charge in [-0.15, -0.1) is 0 Å². The Morgan fingerprint density at radius 3 is 2.83 bits per heavy atom. The molecule has 18 heavy (non-hydrogen) atoms. The molecule has 1 aromatic rings. The van der Waals surface area contributed by atoms with E-state index in [1.807, 2.05) is 0 Å².